The lowest BCUT2D eigenvalue weighted by atomic mass is 9.95. The predicted molar refractivity (Wildman–Crippen MR) is 123 cm³/mol. The molecule has 1 aromatic carbocycles. The van der Waals surface area contributed by atoms with E-state index >= 15 is 0 Å². The molecule has 1 aliphatic rings. The van der Waals surface area contributed by atoms with E-state index < -0.39 is 18.0 Å². The summed E-state index contributed by atoms with van der Waals surface area (Å²) in [6.07, 6.45) is -2.74. The van der Waals surface area contributed by atoms with Crippen LogP contribution in [0.1, 0.15) is 57.3 Å². The SMILES string of the molecule is CC(C)CN(c1ccc(C(C)CC(=O)O)cc1Nc1nc(C(F)(F)F)ns1)C1CCNCC1. The zero-order valence-corrected chi connectivity index (χ0v) is 19.8. The van der Waals surface area contributed by atoms with Crippen LogP contribution in [0.25, 0.3) is 0 Å². The standard InChI is InChI=1S/C22H30F3N5O2S/c1-13(2)12-30(16-6-8-26-9-7-16)18-5-4-15(14(3)10-19(31)32)11-17(18)27-21-28-20(29-33-21)22(23,24)25/h4-5,11,13-14,16,26H,6-10,12H2,1-3H3,(H,31,32)(H,27,28,29). The number of carbonyl (C=O) groups is 1. The number of rotatable bonds is 9. The molecule has 0 bridgehead atoms. The Balaban J connectivity index is 2.01. The zero-order chi connectivity index (χ0) is 24.2. The van der Waals surface area contributed by atoms with Crippen LogP contribution in [-0.2, 0) is 11.0 Å². The first kappa shape index (κ1) is 25.2. The lowest BCUT2D eigenvalue weighted by Crippen LogP contribution is -2.45. The molecule has 0 radical (unpaired) electrons. The van der Waals surface area contributed by atoms with Crippen molar-refractivity contribution in [1.29, 1.82) is 0 Å². The number of aromatic nitrogens is 2. The van der Waals surface area contributed by atoms with Gasteiger partial charge in [-0.25, -0.2) is 0 Å². The van der Waals surface area contributed by atoms with Crippen molar-refractivity contribution in [2.45, 2.75) is 58.2 Å². The summed E-state index contributed by atoms with van der Waals surface area (Å²) < 4.78 is 42.5. The summed E-state index contributed by atoms with van der Waals surface area (Å²) in [4.78, 5) is 17.1. The van der Waals surface area contributed by atoms with Crippen LogP contribution >= 0.6 is 11.5 Å². The van der Waals surface area contributed by atoms with E-state index in [1.165, 1.54) is 0 Å². The molecule has 7 nitrogen and oxygen atoms in total. The molecule has 182 valence electrons. The molecule has 33 heavy (non-hydrogen) atoms. The molecule has 1 aliphatic heterocycles. The van der Waals surface area contributed by atoms with Crippen molar-refractivity contribution in [2.75, 3.05) is 29.9 Å². The summed E-state index contributed by atoms with van der Waals surface area (Å²) in [5.74, 6) is -1.97. The first-order valence-corrected chi connectivity index (χ1v) is 11.8. The van der Waals surface area contributed by atoms with Crippen molar-refractivity contribution in [3.05, 3.63) is 29.6 Å². The minimum Gasteiger partial charge on any atom is -0.481 e. The molecule has 2 heterocycles. The number of nitrogens with one attached hydrogen (secondary N) is 2. The Morgan fingerprint density at radius 2 is 2.00 bits per heavy atom. The number of aliphatic carboxylic acids is 1. The number of anilines is 3. The summed E-state index contributed by atoms with van der Waals surface area (Å²) in [5, 5.41) is 15.6. The molecule has 0 spiro atoms. The highest BCUT2D eigenvalue weighted by Gasteiger charge is 2.36. The second-order valence-corrected chi connectivity index (χ2v) is 9.60. The Morgan fingerprint density at radius 1 is 1.30 bits per heavy atom. The smallest absolute Gasteiger partial charge is 0.452 e. The summed E-state index contributed by atoms with van der Waals surface area (Å²) >= 11 is 0.651. The molecule has 1 saturated heterocycles. The summed E-state index contributed by atoms with van der Waals surface area (Å²) in [6.45, 7) is 8.67. The normalized spacial score (nSPS) is 16.1. The van der Waals surface area contributed by atoms with Crippen LogP contribution in [0.3, 0.4) is 0 Å². The molecule has 0 saturated carbocycles. The number of carboxylic acid groups (broad SMARTS) is 1. The molecule has 0 amide bonds. The van der Waals surface area contributed by atoms with Gasteiger partial charge in [0.15, 0.2) is 0 Å². The van der Waals surface area contributed by atoms with E-state index in [-0.39, 0.29) is 23.5 Å². The maximum atomic E-state index is 13.0. The van der Waals surface area contributed by atoms with Gasteiger partial charge in [-0.15, -0.1) is 0 Å². The van der Waals surface area contributed by atoms with Crippen molar-refractivity contribution in [3.63, 3.8) is 0 Å². The molecule has 1 atom stereocenters. The summed E-state index contributed by atoms with van der Waals surface area (Å²) in [7, 11) is 0. The quantitative estimate of drug-likeness (QED) is 0.456. The van der Waals surface area contributed by atoms with E-state index in [4.69, 9.17) is 0 Å². The number of hydrogen-bond donors (Lipinski definition) is 3. The third-order valence-electron chi connectivity index (χ3n) is 5.61. The Morgan fingerprint density at radius 3 is 2.58 bits per heavy atom. The highest BCUT2D eigenvalue weighted by atomic mass is 32.1. The summed E-state index contributed by atoms with van der Waals surface area (Å²) in [6, 6.07) is 5.96. The maximum absolute atomic E-state index is 13.0. The third kappa shape index (κ3) is 6.80. The molecule has 1 unspecified atom stereocenters. The zero-order valence-electron chi connectivity index (χ0n) is 18.9. The van der Waals surface area contributed by atoms with Gasteiger partial charge in [-0.05, 0) is 55.5 Å². The highest BCUT2D eigenvalue weighted by Crippen LogP contribution is 2.37. The fraction of sp³-hybridized carbons (Fsp3) is 0.591. The molecule has 2 aromatic rings. The highest BCUT2D eigenvalue weighted by molar-refractivity contribution is 7.09. The first-order chi connectivity index (χ1) is 15.5. The number of benzene rings is 1. The average Bonchev–Trinajstić information content (AvgIpc) is 3.21. The fourth-order valence-electron chi connectivity index (χ4n) is 4.05. The van der Waals surface area contributed by atoms with E-state index in [0.29, 0.717) is 23.1 Å². The van der Waals surface area contributed by atoms with Gasteiger partial charge in [0.2, 0.25) is 11.0 Å². The van der Waals surface area contributed by atoms with E-state index in [9.17, 15) is 23.1 Å². The van der Waals surface area contributed by atoms with Gasteiger partial charge in [0.1, 0.15) is 0 Å². The Labute approximate surface area is 195 Å². The van der Waals surface area contributed by atoms with Gasteiger partial charge >= 0.3 is 12.1 Å². The maximum Gasteiger partial charge on any atom is 0.452 e. The van der Waals surface area contributed by atoms with Crippen LogP contribution in [0.2, 0.25) is 0 Å². The second kappa shape index (κ2) is 10.7. The molecule has 3 N–H and O–H groups in total. The van der Waals surface area contributed by atoms with Gasteiger partial charge in [0.25, 0.3) is 0 Å². The molecule has 3 rings (SSSR count). The molecular formula is C22H30F3N5O2S. The van der Waals surface area contributed by atoms with E-state index in [2.05, 4.69) is 38.7 Å². The molecule has 1 aromatic heterocycles. The average molecular weight is 486 g/mol. The number of nitrogens with zero attached hydrogens (tertiary/aromatic N) is 3. The van der Waals surface area contributed by atoms with Crippen LogP contribution in [0.15, 0.2) is 18.2 Å². The Bertz CT molecular complexity index is 944. The van der Waals surface area contributed by atoms with Gasteiger partial charge in [-0.2, -0.15) is 22.5 Å². The second-order valence-electron chi connectivity index (χ2n) is 8.85. The van der Waals surface area contributed by atoms with Crippen molar-refractivity contribution >= 4 is 34.0 Å². The molecule has 0 aliphatic carbocycles. The molecule has 1 fully saturated rings. The van der Waals surface area contributed by atoms with Crippen LogP contribution in [0, 0.1) is 5.92 Å². The van der Waals surface area contributed by atoms with E-state index in [1.54, 1.807) is 0 Å². The van der Waals surface area contributed by atoms with E-state index in [0.717, 1.165) is 43.7 Å². The monoisotopic (exact) mass is 485 g/mol. The van der Waals surface area contributed by atoms with Crippen molar-refractivity contribution in [3.8, 4) is 0 Å². The van der Waals surface area contributed by atoms with Crippen LogP contribution in [-0.4, -0.2) is 46.1 Å². The number of carboxylic acids is 1. The predicted octanol–water partition coefficient (Wildman–Crippen LogP) is 5.09. The van der Waals surface area contributed by atoms with Crippen molar-refractivity contribution in [1.82, 2.24) is 14.7 Å². The van der Waals surface area contributed by atoms with Gasteiger partial charge in [-0.1, -0.05) is 26.8 Å². The lowest BCUT2D eigenvalue weighted by molar-refractivity contribution is -0.144. The van der Waals surface area contributed by atoms with Gasteiger partial charge in [0, 0.05) is 24.1 Å². The lowest BCUT2D eigenvalue weighted by Gasteiger charge is -2.38. The van der Waals surface area contributed by atoms with Gasteiger partial charge in [-0.3, -0.25) is 4.79 Å². The van der Waals surface area contributed by atoms with Crippen LogP contribution < -0.4 is 15.5 Å². The minimum atomic E-state index is -4.62. The number of piperidine rings is 1. The molecule has 11 heteroatoms. The number of halogens is 3. The number of alkyl halides is 3. The van der Waals surface area contributed by atoms with E-state index in [1.807, 2.05) is 25.1 Å². The van der Waals surface area contributed by atoms with Crippen molar-refractivity contribution < 1.29 is 23.1 Å². The van der Waals surface area contributed by atoms with Gasteiger partial charge < -0.3 is 20.6 Å². The minimum absolute atomic E-state index is 0.0418. The number of hydrogen-bond acceptors (Lipinski definition) is 7. The summed E-state index contributed by atoms with van der Waals surface area (Å²) in [5.41, 5.74) is 2.26. The molecular weight excluding hydrogens is 455 g/mol. The Hall–Kier alpha value is -2.40. The fourth-order valence-corrected chi connectivity index (χ4v) is 4.65. The largest absolute Gasteiger partial charge is 0.481 e. The van der Waals surface area contributed by atoms with Crippen LogP contribution in [0.5, 0.6) is 0 Å². The third-order valence-corrected chi connectivity index (χ3v) is 6.24. The van der Waals surface area contributed by atoms with Crippen molar-refractivity contribution in [2.24, 2.45) is 5.92 Å². The topological polar surface area (TPSA) is 90.4 Å². The van der Waals surface area contributed by atoms with Gasteiger partial charge in [0.05, 0.1) is 17.8 Å². The van der Waals surface area contributed by atoms with Crippen LogP contribution in [0.4, 0.5) is 29.7 Å². The Kier molecular flexibility index (Phi) is 8.17. The first-order valence-electron chi connectivity index (χ1n) is 11.1.